The van der Waals surface area contributed by atoms with Crippen molar-refractivity contribution >= 4 is 11.6 Å². The van der Waals surface area contributed by atoms with Gasteiger partial charge in [0.05, 0.1) is 19.1 Å². The molecule has 1 saturated heterocycles. The van der Waals surface area contributed by atoms with Crippen LogP contribution in [0.1, 0.15) is 32.1 Å². The first-order chi connectivity index (χ1) is 11.5. The molecule has 2 fully saturated rings. The van der Waals surface area contributed by atoms with Gasteiger partial charge >= 0.3 is 0 Å². The van der Waals surface area contributed by atoms with Crippen LogP contribution in [-0.4, -0.2) is 54.8 Å². The second-order valence-corrected chi connectivity index (χ2v) is 6.79. The summed E-state index contributed by atoms with van der Waals surface area (Å²) >= 11 is 0. The molecule has 0 unspecified atom stereocenters. The fourth-order valence-corrected chi connectivity index (χ4v) is 3.67. The van der Waals surface area contributed by atoms with Gasteiger partial charge in [-0.25, -0.2) is 4.39 Å². The number of anilines is 1. The lowest BCUT2D eigenvalue weighted by Crippen LogP contribution is -2.50. The van der Waals surface area contributed by atoms with Crippen LogP contribution in [0.2, 0.25) is 0 Å². The highest BCUT2D eigenvalue weighted by atomic mass is 19.1. The summed E-state index contributed by atoms with van der Waals surface area (Å²) < 4.78 is 18.8. The molecule has 1 saturated carbocycles. The first kappa shape index (κ1) is 17.0. The van der Waals surface area contributed by atoms with E-state index in [-0.39, 0.29) is 23.9 Å². The van der Waals surface area contributed by atoms with Gasteiger partial charge in [-0.05, 0) is 25.0 Å². The van der Waals surface area contributed by atoms with Crippen molar-refractivity contribution in [3.05, 3.63) is 24.0 Å². The van der Waals surface area contributed by atoms with E-state index in [0.29, 0.717) is 26.2 Å². The van der Waals surface area contributed by atoms with Crippen LogP contribution < -0.4 is 9.64 Å². The quantitative estimate of drug-likeness (QED) is 0.916. The van der Waals surface area contributed by atoms with Crippen molar-refractivity contribution in [2.45, 2.75) is 37.7 Å². The van der Waals surface area contributed by atoms with Crippen LogP contribution in [0.15, 0.2) is 18.2 Å². The highest BCUT2D eigenvalue weighted by molar-refractivity contribution is 5.77. The van der Waals surface area contributed by atoms with Gasteiger partial charge in [-0.1, -0.05) is 12.8 Å². The molecule has 1 aromatic carbocycles. The summed E-state index contributed by atoms with van der Waals surface area (Å²) in [6.45, 7) is 2.52. The number of ether oxygens (including phenoxy) is 1. The van der Waals surface area contributed by atoms with Gasteiger partial charge in [0.25, 0.3) is 0 Å². The number of hydrogen-bond acceptors (Lipinski definition) is 4. The third-order valence-corrected chi connectivity index (χ3v) is 5.15. The molecule has 1 aliphatic carbocycles. The van der Waals surface area contributed by atoms with Gasteiger partial charge in [0.1, 0.15) is 0 Å². The zero-order valence-electron chi connectivity index (χ0n) is 14.1. The number of aliphatic hydroxyl groups is 1. The van der Waals surface area contributed by atoms with Gasteiger partial charge in [-0.3, -0.25) is 4.79 Å². The highest BCUT2D eigenvalue weighted by Crippen LogP contribution is 2.33. The molecular formula is C18H25FN2O3. The number of carbonyl (C=O) groups is 1. The lowest BCUT2D eigenvalue weighted by molar-refractivity contribution is -0.136. The minimum atomic E-state index is -0.798. The number of piperazine rings is 1. The predicted molar refractivity (Wildman–Crippen MR) is 89.8 cm³/mol. The molecule has 132 valence electrons. The molecule has 6 heteroatoms. The summed E-state index contributed by atoms with van der Waals surface area (Å²) in [5, 5.41) is 10.4. The zero-order valence-corrected chi connectivity index (χ0v) is 14.1. The Balaban J connectivity index is 1.55. The summed E-state index contributed by atoms with van der Waals surface area (Å²) in [7, 11) is 1.45. The Morgan fingerprint density at radius 1 is 1.25 bits per heavy atom. The van der Waals surface area contributed by atoms with E-state index in [4.69, 9.17) is 4.74 Å². The Kier molecular flexibility index (Phi) is 4.94. The molecular weight excluding hydrogens is 311 g/mol. The zero-order chi connectivity index (χ0) is 17.2. The normalized spacial score (nSPS) is 20.3. The van der Waals surface area contributed by atoms with Crippen LogP contribution in [0, 0.1) is 5.82 Å². The molecule has 0 bridgehead atoms. The molecule has 0 radical (unpaired) electrons. The molecule has 0 spiro atoms. The molecule has 5 nitrogen and oxygen atoms in total. The Labute approximate surface area is 142 Å². The number of carbonyl (C=O) groups excluding carboxylic acids is 1. The van der Waals surface area contributed by atoms with Crippen molar-refractivity contribution in [1.82, 2.24) is 4.90 Å². The topological polar surface area (TPSA) is 53.0 Å². The van der Waals surface area contributed by atoms with Crippen molar-refractivity contribution in [2.75, 3.05) is 38.2 Å². The van der Waals surface area contributed by atoms with E-state index in [1.165, 1.54) is 13.2 Å². The van der Waals surface area contributed by atoms with Crippen LogP contribution in [-0.2, 0) is 4.79 Å². The molecule has 1 aromatic rings. The third-order valence-electron chi connectivity index (χ3n) is 5.15. The maximum atomic E-state index is 13.8. The maximum absolute atomic E-state index is 13.8. The van der Waals surface area contributed by atoms with E-state index in [9.17, 15) is 14.3 Å². The van der Waals surface area contributed by atoms with Crippen LogP contribution in [0.3, 0.4) is 0 Å². The first-order valence-electron chi connectivity index (χ1n) is 8.59. The van der Waals surface area contributed by atoms with Crippen LogP contribution >= 0.6 is 0 Å². The Morgan fingerprint density at radius 3 is 2.50 bits per heavy atom. The number of rotatable bonds is 4. The molecule has 3 rings (SSSR count). The summed E-state index contributed by atoms with van der Waals surface area (Å²) in [6, 6.07) is 4.93. The van der Waals surface area contributed by atoms with Crippen molar-refractivity contribution in [3.8, 4) is 5.75 Å². The minimum Gasteiger partial charge on any atom is -0.494 e. The van der Waals surface area contributed by atoms with Crippen LogP contribution in [0.4, 0.5) is 10.1 Å². The van der Waals surface area contributed by atoms with Gasteiger partial charge in [0.15, 0.2) is 11.6 Å². The van der Waals surface area contributed by atoms with Gasteiger partial charge in [0.2, 0.25) is 5.91 Å². The molecule has 2 aliphatic rings. The number of nitrogens with zero attached hydrogens (tertiary/aromatic N) is 2. The number of amides is 1. The van der Waals surface area contributed by atoms with E-state index in [1.807, 2.05) is 11.0 Å². The van der Waals surface area contributed by atoms with Gasteiger partial charge in [-0.2, -0.15) is 0 Å². The van der Waals surface area contributed by atoms with E-state index >= 15 is 0 Å². The largest absolute Gasteiger partial charge is 0.494 e. The molecule has 0 atom stereocenters. The number of hydrogen-bond donors (Lipinski definition) is 1. The number of halogens is 1. The van der Waals surface area contributed by atoms with Crippen molar-refractivity contribution < 1.29 is 19.0 Å². The maximum Gasteiger partial charge on any atom is 0.225 e. The number of methoxy groups -OCH3 is 1. The van der Waals surface area contributed by atoms with Crippen LogP contribution in [0.25, 0.3) is 0 Å². The second kappa shape index (κ2) is 6.97. The van der Waals surface area contributed by atoms with Crippen molar-refractivity contribution in [1.29, 1.82) is 0 Å². The van der Waals surface area contributed by atoms with Gasteiger partial charge in [0, 0.05) is 37.9 Å². The minimum absolute atomic E-state index is 0.0277. The smallest absolute Gasteiger partial charge is 0.225 e. The summed E-state index contributed by atoms with van der Waals surface area (Å²) in [6.07, 6.45) is 3.68. The van der Waals surface area contributed by atoms with E-state index in [1.54, 1.807) is 6.07 Å². The highest BCUT2D eigenvalue weighted by Gasteiger charge is 2.35. The SMILES string of the molecule is COc1ccc(N2CCN(C(=O)CC3(O)CCCC3)CC2)cc1F. The molecule has 1 amide bonds. The van der Waals surface area contributed by atoms with Gasteiger partial charge < -0.3 is 19.6 Å². The Morgan fingerprint density at radius 2 is 1.92 bits per heavy atom. The lowest BCUT2D eigenvalue weighted by atomic mass is 9.97. The summed E-state index contributed by atoms with van der Waals surface area (Å²) in [5.74, 6) is -0.116. The summed E-state index contributed by atoms with van der Waals surface area (Å²) in [5.41, 5.74) is 0.00248. The fourth-order valence-electron chi connectivity index (χ4n) is 3.67. The second-order valence-electron chi connectivity index (χ2n) is 6.79. The third kappa shape index (κ3) is 3.64. The number of benzene rings is 1. The molecule has 1 aliphatic heterocycles. The van der Waals surface area contributed by atoms with Crippen molar-refractivity contribution in [2.24, 2.45) is 0 Å². The predicted octanol–water partition coefficient (Wildman–Crippen LogP) is 2.18. The average Bonchev–Trinajstić information content (AvgIpc) is 3.01. The average molecular weight is 336 g/mol. The molecule has 24 heavy (non-hydrogen) atoms. The fraction of sp³-hybridized carbons (Fsp3) is 0.611. The van der Waals surface area contributed by atoms with Crippen LogP contribution in [0.5, 0.6) is 5.75 Å². The monoisotopic (exact) mass is 336 g/mol. The Bertz CT molecular complexity index is 594. The van der Waals surface area contributed by atoms with E-state index in [0.717, 1.165) is 31.4 Å². The molecule has 1 N–H and O–H groups in total. The van der Waals surface area contributed by atoms with Crippen molar-refractivity contribution in [3.63, 3.8) is 0 Å². The van der Waals surface area contributed by atoms with Gasteiger partial charge in [-0.15, -0.1) is 0 Å². The molecule has 0 aromatic heterocycles. The van der Waals surface area contributed by atoms with E-state index in [2.05, 4.69) is 4.90 Å². The standard InChI is InChI=1S/C18H25FN2O3/c1-24-16-5-4-14(12-15(16)19)20-8-10-21(11-9-20)17(22)13-18(23)6-2-3-7-18/h4-5,12,23H,2-3,6-11,13H2,1H3. The summed E-state index contributed by atoms with van der Waals surface area (Å²) in [4.78, 5) is 16.3. The first-order valence-corrected chi connectivity index (χ1v) is 8.59. The molecule has 1 heterocycles. The van der Waals surface area contributed by atoms with E-state index < -0.39 is 5.60 Å². The Hall–Kier alpha value is -1.82. The lowest BCUT2D eigenvalue weighted by Gasteiger charge is -2.37.